The molecule has 156 valence electrons. The highest BCUT2D eigenvalue weighted by molar-refractivity contribution is 7.89. The number of halogens is 2. The number of hydrogen-bond donors (Lipinski definition) is 1. The third-order valence-corrected chi connectivity index (χ3v) is 8.08. The fraction of sp³-hybridized carbons (Fsp3) is 0.632. The summed E-state index contributed by atoms with van der Waals surface area (Å²) in [7, 11) is -3.65. The zero-order valence-electron chi connectivity index (χ0n) is 15.7. The first kappa shape index (κ1) is 21.5. The van der Waals surface area contributed by atoms with Crippen molar-refractivity contribution in [2.24, 2.45) is 5.92 Å². The van der Waals surface area contributed by atoms with E-state index in [4.69, 9.17) is 0 Å². The normalized spacial score (nSPS) is 28.5. The molecule has 2 saturated heterocycles. The topological polar surface area (TPSA) is 69.7 Å². The van der Waals surface area contributed by atoms with E-state index in [-0.39, 0.29) is 42.3 Å². The lowest BCUT2D eigenvalue weighted by molar-refractivity contribution is -0.134. The molecule has 3 fully saturated rings. The van der Waals surface area contributed by atoms with Gasteiger partial charge in [-0.15, -0.1) is 12.4 Å². The third kappa shape index (κ3) is 4.20. The van der Waals surface area contributed by atoms with Gasteiger partial charge in [0.05, 0.1) is 10.9 Å². The Morgan fingerprint density at radius 3 is 2.32 bits per heavy atom. The summed E-state index contributed by atoms with van der Waals surface area (Å²) in [5.74, 6) is 0.241. The summed E-state index contributed by atoms with van der Waals surface area (Å²) < 4.78 is 39.8. The molecule has 2 heterocycles. The summed E-state index contributed by atoms with van der Waals surface area (Å²) >= 11 is 0. The van der Waals surface area contributed by atoms with Gasteiger partial charge >= 0.3 is 0 Å². The van der Waals surface area contributed by atoms with E-state index >= 15 is 0 Å². The molecular formula is C19H27ClFN3O3S. The molecule has 3 unspecified atom stereocenters. The molecule has 2 aliphatic heterocycles. The first-order chi connectivity index (χ1) is 12.9. The van der Waals surface area contributed by atoms with E-state index in [1.165, 1.54) is 35.7 Å². The lowest BCUT2D eigenvalue weighted by Gasteiger charge is -2.35. The van der Waals surface area contributed by atoms with Gasteiger partial charge in [0.1, 0.15) is 5.82 Å². The summed E-state index contributed by atoms with van der Waals surface area (Å²) in [5.41, 5.74) is 0. The molecule has 0 bridgehead atoms. The minimum Gasteiger partial charge on any atom is -0.339 e. The van der Waals surface area contributed by atoms with Gasteiger partial charge in [0, 0.05) is 32.2 Å². The standard InChI is InChI=1S/C19H26FN3O3S.ClH/c20-15-5-7-16(8-6-15)27(25,26)23-11-9-22(10-12-23)19(24)18-13-14-3-1-2-4-17(14)21-18;/h5-8,14,17-18,21H,1-4,9-13H2;1H. The number of carbonyl (C=O) groups excluding carboxylic acids is 1. The lowest BCUT2D eigenvalue weighted by atomic mass is 9.85. The SMILES string of the molecule is Cl.O=C(C1CC2CCCCC2N1)N1CCN(S(=O)(=O)c2ccc(F)cc2)CC1. The van der Waals surface area contributed by atoms with Gasteiger partial charge in [-0.05, 0) is 49.4 Å². The van der Waals surface area contributed by atoms with Crippen molar-refractivity contribution in [3.8, 4) is 0 Å². The largest absolute Gasteiger partial charge is 0.339 e. The maximum atomic E-state index is 13.1. The van der Waals surface area contributed by atoms with Gasteiger partial charge in [-0.1, -0.05) is 12.8 Å². The summed E-state index contributed by atoms with van der Waals surface area (Å²) in [6, 6.07) is 5.21. The quantitative estimate of drug-likeness (QED) is 0.794. The molecule has 0 radical (unpaired) electrons. The van der Waals surface area contributed by atoms with Crippen LogP contribution in [-0.2, 0) is 14.8 Å². The average molecular weight is 432 g/mol. The highest BCUT2D eigenvalue weighted by Crippen LogP contribution is 2.33. The van der Waals surface area contributed by atoms with Crippen LogP contribution in [-0.4, -0.2) is 61.8 Å². The van der Waals surface area contributed by atoms with E-state index in [1.807, 2.05) is 0 Å². The van der Waals surface area contributed by atoms with Crippen molar-refractivity contribution in [3.05, 3.63) is 30.1 Å². The van der Waals surface area contributed by atoms with Crippen molar-refractivity contribution in [2.45, 2.75) is 49.1 Å². The molecule has 1 aromatic carbocycles. The molecule has 0 spiro atoms. The number of carbonyl (C=O) groups is 1. The van der Waals surface area contributed by atoms with Gasteiger partial charge in [-0.3, -0.25) is 4.79 Å². The van der Waals surface area contributed by atoms with Crippen molar-refractivity contribution in [1.82, 2.24) is 14.5 Å². The summed E-state index contributed by atoms with van der Waals surface area (Å²) in [6.07, 6.45) is 5.74. The van der Waals surface area contributed by atoms with Crippen LogP contribution in [0.15, 0.2) is 29.2 Å². The molecule has 1 N–H and O–H groups in total. The molecule has 3 atom stereocenters. The predicted molar refractivity (Wildman–Crippen MR) is 106 cm³/mol. The molecular weight excluding hydrogens is 405 g/mol. The number of benzene rings is 1. The minimum atomic E-state index is -3.65. The number of rotatable bonds is 3. The van der Waals surface area contributed by atoms with Crippen LogP contribution >= 0.6 is 12.4 Å². The fourth-order valence-corrected chi connectivity index (χ4v) is 6.06. The number of hydrogen-bond acceptors (Lipinski definition) is 4. The second-order valence-electron chi connectivity index (χ2n) is 7.79. The molecule has 28 heavy (non-hydrogen) atoms. The molecule has 3 aliphatic rings. The Labute approximate surface area is 171 Å². The van der Waals surface area contributed by atoms with Crippen LogP contribution in [0.2, 0.25) is 0 Å². The first-order valence-corrected chi connectivity index (χ1v) is 11.2. The number of nitrogens with one attached hydrogen (secondary N) is 1. The van der Waals surface area contributed by atoms with Crippen LogP contribution in [0.25, 0.3) is 0 Å². The predicted octanol–water partition coefficient (Wildman–Crippen LogP) is 2.00. The monoisotopic (exact) mass is 431 g/mol. The second kappa shape index (κ2) is 8.65. The van der Waals surface area contributed by atoms with E-state index in [9.17, 15) is 17.6 Å². The molecule has 1 saturated carbocycles. The van der Waals surface area contributed by atoms with E-state index in [0.29, 0.717) is 25.0 Å². The summed E-state index contributed by atoms with van der Waals surface area (Å²) in [5, 5.41) is 3.50. The molecule has 4 rings (SSSR count). The maximum absolute atomic E-state index is 13.1. The Morgan fingerprint density at radius 1 is 1.04 bits per heavy atom. The lowest BCUT2D eigenvalue weighted by Crippen LogP contribution is -2.54. The van der Waals surface area contributed by atoms with Crippen LogP contribution in [0.5, 0.6) is 0 Å². The Hall–Kier alpha value is -1.22. The van der Waals surface area contributed by atoms with Crippen LogP contribution in [0.1, 0.15) is 32.1 Å². The number of piperazine rings is 1. The van der Waals surface area contributed by atoms with Gasteiger partial charge in [0.15, 0.2) is 0 Å². The van der Waals surface area contributed by atoms with Gasteiger partial charge < -0.3 is 10.2 Å². The van der Waals surface area contributed by atoms with Crippen molar-refractivity contribution < 1.29 is 17.6 Å². The van der Waals surface area contributed by atoms with Crippen molar-refractivity contribution in [2.75, 3.05) is 26.2 Å². The summed E-state index contributed by atoms with van der Waals surface area (Å²) in [6.45, 7) is 1.33. The number of nitrogens with zero attached hydrogens (tertiary/aromatic N) is 2. The van der Waals surface area contributed by atoms with E-state index in [1.54, 1.807) is 4.90 Å². The molecule has 9 heteroatoms. The Morgan fingerprint density at radius 2 is 1.68 bits per heavy atom. The van der Waals surface area contributed by atoms with E-state index in [2.05, 4.69) is 5.32 Å². The van der Waals surface area contributed by atoms with E-state index < -0.39 is 15.8 Å². The van der Waals surface area contributed by atoms with Gasteiger partial charge in [0.25, 0.3) is 0 Å². The molecule has 1 aliphatic carbocycles. The fourth-order valence-electron chi connectivity index (χ4n) is 4.64. The highest BCUT2D eigenvalue weighted by atomic mass is 35.5. The molecule has 1 amide bonds. The number of amides is 1. The Kier molecular flexibility index (Phi) is 6.64. The summed E-state index contributed by atoms with van der Waals surface area (Å²) in [4.78, 5) is 14.7. The second-order valence-corrected chi connectivity index (χ2v) is 9.73. The zero-order chi connectivity index (χ0) is 19.0. The smallest absolute Gasteiger partial charge is 0.243 e. The third-order valence-electron chi connectivity index (χ3n) is 6.16. The minimum absolute atomic E-state index is 0. The van der Waals surface area contributed by atoms with Crippen LogP contribution in [0.4, 0.5) is 4.39 Å². The number of fused-ring (bicyclic) bond motifs is 1. The van der Waals surface area contributed by atoms with Crippen LogP contribution < -0.4 is 5.32 Å². The van der Waals surface area contributed by atoms with Crippen LogP contribution in [0, 0.1) is 11.7 Å². The zero-order valence-corrected chi connectivity index (χ0v) is 17.4. The molecule has 1 aromatic rings. The maximum Gasteiger partial charge on any atom is 0.243 e. The Bertz CT molecular complexity index is 783. The van der Waals surface area contributed by atoms with Crippen molar-refractivity contribution in [3.63, 3.8) is 0 Å². The molecule has 0 aromatic heterocycles. The highest BCUT2D eigenvalue weighted by Gasteiger charge is 2.40. The number of sulfonamides is 1. The van der Waals surface area contributed by atoms with Gasteiger partial charge in [-0.25, -0.2) is 12.8 Å². The first-order valence-electron chi connectivity index (χ1n) is 9.76. The van der Waals surface area contributed by atoms with Gasteiger partial charge in [0.2, 0.25) is 15.9 Å². The van der Waals surface area contributed by atoms with E-state index in [0.717, 1.165) is 25.0 Å². The van der Waals surface area contributed by atoms with Crippen LogP contribution in [0.3, 0.4) is 0 Å². The molecule has 6 nitrogen and oxygen atoms in total. The average Bonchev–Trinajstić information content (AvgIpc) is 3.12. The van der Waals surface area contributed by atoms with Gasteiger partial charge in [-0.2, -0.15) is 4.31 Å². The van der Waals surface area contributed by atoms with Crippen molar-refractivity contribution >= 4 is 28.3 Å². The Balaban J connectivity index is 0.00000225. The van der Waals surface area contributed by atoms with Crippen molar-refractivity contribution in [1.29, 1.82) is 0 Å².